The van der Waals surface area contributed by atoms with Crippen molar-refractivity contribution in [1.29, 1.82) is 0 Å². The average Bonchev–Trinajstić information content (AvgIpc) is 2.56. The number of amides is 1. The van der Waals surface area contributed by atoms with Crippen LogP contribution in [0.2, 0.25) is 0 Å². The highest BCUT2D eigenvalue weighted by Crippen LogP contribution is 2.28. The molecule has 0 aliphatic carbocycles. The van der Waals surface area contributed by atoms with E-state index in [1.54, 1.807) is 31.2 Å². The third kappa shape index (κ3) is 4.26. The molecule has 0 fully saturated rings. The SMILES string of the molecule is COc1cccc(C(C)(CC(=O)O)NC(=O)c2ccc(=O)n(C)c2)c1. The molecule has 7 heteroatoms. The highest BCUT2D eigenvalue weighted by atomic mass is 16.5. The molecule has 0 bridgehead atoms. The highest BCUT2D eigenvalue weighted by Gasteiger charge is 2.32. The molecular formula is C18H20N2O5. The van der Waals surface area contributed by atoms with E-state index in [4.69, 9.17) is 4.74 Å². The number of benzene rings is 1. The standard InChI is InChI=1S/C18H20N2O5/c1-18(10-16(22)23,13-5-4-6-14(9-13)25-3)19-17(24)12-7-8-15(21)20(2)11-12/h4-9,11H,10H2,1-3H3,(H,19,24)(H,22,23). The number of pyridine rings is 1. The Morgan fingerprint density at radius 3 is 2.60 bits per heavy atom. The van der Waals surface area contributed by atoms with Crippen molar-refractivity contribution >= 4 is 11.9 Å². The van der Waals surface area contributed by atoms with Gasteiger partial charge in [0.15, 0.2) is 0 Å². The van der Waals surface area contributed by atoms with Crippen molar-refractivity contribution in [2.24, 2.45) is 7.05 Å². The number of carboxylic acids is 1. The maximum Gasteiger partial charge on any atom is 0.306 e. The van der Waals surface area contributed by atoms with Gasteiger partial charge in [0.2, 0.25) is 5.56 Å². The molecule has 1 heterocycles. The summed E-state index contributed by atoms with van der Waals surface area (Å²) in [4.78, 5) is 35.4. The van der Waals surface area contributed by atoms with Crippen molar-refractivity contribution in [1.82, 2.24) is 9.88 Å². The number of aliphatic carboxylic acids is 1. The van der Waals surface area contributed by atoms with E-state index < -0.39 is 17.4 Å². The van der Waals surface area contributed by atoms with E-state index in [1.807, 2.05) is 0 Å². The number of carbonyl (C=O) groups excluding carboxylic acids is 1. The Bertz CT molecular complexity index is 859. The Morgan fingerprint density at radius 2 is 2.00 bits per heavy atom. The van der Waals surface area contributed by atoms with Crippen molar-refractivity contribution in [3.63, 3.8) is 0 Å². The van der Waals surface area contributed by atoms with Crippen LogP contribution in [0.5, 0.6) is 5.75 Å². The second-order valence-corrected chi connectivity index (χ2v) is 5.96. The number of nitrogens with one attached hydrogen (secondary N) is 1. The normalized spacial score (nSPS) is 12.9. The zero-order valence-electron chi connectivity index (χ0n) is 14.3. The van der Waals surface area contributed by atoms with Gasteiger partial charge in [-0.05, 0) is 30.7 Å². The number of aryl methyl sites for hydroxylation is 1. The van der Waals surface area contributed by atoms with Crippen LogP contribution in [-0.2, 0) is 17.4 Å². The molecule has 1 aromatic heterocycles. The Kier molecular flexibility index (Phi) is 5.26. The van der Waals surface area contributed by atoms with Gasteiger partial charge in [0.1, 0.15) is 5.75 Å². The molecule has 132 valence electrons. The molecule has 0 spiro atoms. The third-order valence-electron chi connectivity index (χ3n) is 3.95. The molecule has 0 radical (unpaired) electrons. The molecule has 1 aromatic carbocycles. The Balaban J connectivity index is 2.39. The summed E-state index contributed by atoms with van der Waals surface area (Å²) in [6.45, 7) is 1.63. The van der Waals surface area contributed by atoms with Crippen LogP contribution >= 0.6 is 0 Å². The molecule has 25 heavy (non-hydrogen) atoms. The quantitative estimate of drug-likeness (QED) is 0.828. The fourth-order valence-electron chi connectivity index (χ4n) is 2.54. The molecule has 1 unspecified atom stereocenters. The first-order chi connectivity index (χ1) is 11.7. The summed E-state index contributed by atoms with van der Waals surface area (Å²) in [6.07, 6.45) is 1.10. The number of hydrogen-bond donors (Lipinski definition) is 2. The number of hydrogen-bond acceptors (Lipinski definition) is 4. The number of methoxy groups -OCH3 is 1. The number of aromatic nitrogens is 1. The highest BCUT2D eigenvalue weighted by molar-refractivity contribution is 5.94. The molecule has 2 aromatic rings. The van der Waals surface area contributed by atoms with Crippen molar-refractivity contribution in [3.8, 4) is 5.75 Å². The number of ether oxygens (including phenoxy) is 1. The monoisotopic (exact) mass is 344 g/mol. The van der Waals surface area contributed by atoms with E-state index in [0.29, 0.717) is 11.3 Å². The minimum Gasteiger partial charge on any atom is -0.497 e. The summed E-state index contributed by atoms with van der Waals surface area (Å²) in [7, 11) is 3.05. The first-order valence-electron chi connectivity index (χ1n) is 7.61. The lowest BCUT2D eigenvalue weighted by Crippen LogP contribution is -2.45. The lowest BCUT2D eigenvalue weighted by atomic mass is 9.88. The van der Waals surface area contributed by atoms with Crippen molar-refractivity contribution in [2.75, 3.05) is 7.11 Å². The minimum absolute atomic E-state index is 0.238. The van der Waals surface area contributed by atoms with Crippen LogP contribution in [0.1, 0.15) is 29.3 Å². The number of carboxylic acid groups (broad SMARTS) is 1. The van der Waals surface area contributed by atoms with Gasteiger partial charge in [-0.3, -0.25) is 14.4 Å². The fraction of sp³-hybridized carbons (Fsp3) is 0.278. The maximum absolute atomic E-state index is 12.6. The van der Waals surface area contributed by atoms with Crippen molar-refractivity contribution in [2.45, 2.75) is 18.9 Å². The van der Waals surface area contributed by atoms with Crippen molar-refractivity contribution in [3.05, 3.63) is 64.1 Å². The van der Waals surface area contributed by atoms with E-state index in [2.05, 4.69) is 5.32 Å². The Labute approximate surface area is 144 Å². The van der Waals surface area contributed by atoms with Gasteiger partial charge in [-0.15, -0.1) is 0 Å². The third-order valence-corrected chi connectivity index (χ3v) is 3.95. The molecule has 0 aliphatic rings. The second-order valence-electron chi connectivity index (χ2n) is 5.96. The first-order valence-corrected chi connectivity index (χ1v) is 7.61. The van der Waals surface area contributed by atoms with Crippen LogP contribution in [0.15, 0.2) is 47.4 Å². The van der Waals surface area contributed by atoms with Gasteiger partial charge >= 0.3 is 5.97 Å². The van der Waals surface area contributed by atoms with Crippen LogP contribution in [0.4, 0.5) is 0 Å². The largest absolute Gasteiger partial charge is 0.497 e. The summed E-state index contributed by atoms with van der Waals surface area (Å²) in [5, 5.41) is 12.0. The smallest absolute Gasteiger partial charge is 0.306 e. The summed E-state index contributed by atoms with van der Waals surface area (Å²) < 4.78 is 6.46. The van der Waals surface area contributed by atoms with Gasteiger partial charge in [-0.25, -0.2) is 0 Å². The average molecular weight is 344 g/mol. The molecule has 0 saturated heterocycles. The second kappa shape index (κ2) is 7.21. The number of rotatable bonds is 6. The van der Waals surface area contributed by atoms with E-state index in [-0.39, 0.29) is 17.5 Å². The Hall–Kier alpha value is -3.09. The van der Waals surface area contributed by atoms with Gasteiger partial charge in [0.05, 0.1) is 24.6 Å². The number of nitrogens with zero attached hydrogens (tertiary/aromatic N) is 1. The zero-order valence-corrected chi connectivity index (χ0v) is 14.3. The fourth-order valence-corrected chi connectivity index (χ4v) is 2.54. The van der Waals surface area contributed by atoms with Crippen LogP contribution in [0.25, 0.3) is 0 Å². The first kappa shape index (κ1) is 18.3. The molecule has 2 N–H and O–H groups in total. The van der Waals surface area contributed by atoms with Gasteiger partial charge in [-0.2, -0.15) is 0 Å². The summed E-state index contributed by atoms with van der Waals surface area (Å²) >= 11 is 0. The van der Waals surface area contributed by atoms with Crippen LogP contribution in [0, 0.1) is 0 Å². The van der Waals surface area contributed by atoms with Gasteiger partial charge < -0.3 is 19.7 Å². The zero-order chi connectivity index (χ0) is 18.6. The van der Waals surface area contributed by atoms with Crippen molar-refractivity contribution < 1.29 is 19.4 Å². The van der Waals surface area contributed by atoms with Gasteiger partial charge in [-0.1, -0.05) is 12.1 Å². The van der Waals surface area contributed by atoms with Gasteiger partial charge in [0.25, 0.3) is 5.91 Å². The van der Waals surface area contributed by atoms with Crippen LogP contribution in [0.3, 0.4) is 0 Å². The topological polar surface area (TPSA) is 97.6 Å². The lowest BCUT2D eigenvalue weighted by Gasteiger charge is -2.30. The molecule has 1 atom stereocenters. The summed E-state index contributed by atoms with van der Waals surface area (Å²) in [6, 6.07) is 9.57. The molecular weight excluding hydrogens is 324 g/mol. The van der Waals surface area contributed by atoms with E-state index in [1.165, 1.54) is 37.1 Å². The van der Waals surface area contributed by atoms with Gasteiger partial charge in [0, 0.05) is 19.3 Å². The predicted molar refractivity (Wildman–Crippen MR) is 91.7 cm³/mol. The van der Waals surface area contributed by atoms with E-state index >= 15 is 0 Å². The molecule has 0 saturated carbocycles. The molecule has 0 aliphatic heterocycles. The summed E-state index contributed by atoms with van der Waals surface area (Å²) in [5.74, 6) is -0.960. The lowest BCUT2D eigenvalue weighted by molar-refractivity contribution is -0.138. The number of carbonyl (C=O) groups is 2. The van der Waals surface area contributed by atoms with E-state index in [0.717, 1.165) is 0 Å². The summed E-state index contributed by atoms with van der Waals surface area (Å²) in [5.41, 5.74) is -0.515. The Morgan fingerprint density at radius 1 is 1.28 bits per heavy atom. The minimum atomic E-state index is -1.15. The molecule has 2 rings (SSSR count). The maximum atomic E-state index is 12.6. The predicted octanol–water partition coefficient (Wildman–Crippen LogP) is 1.51. The van der Waals surface area contributed by atoms with Crippen LogP contribution in [-0.4, -0.2) is 28.7 Å². The van der Waals surface area contributed by atoms with E-state index in [9.17, 15) is 19.5 Å². The molecule has 7 nitrogen and oxygen atoms in total. The van der Waals surface area contributed by atoms with Crippen LogP contribution < -0.4 is 15.6 Å². The molecule has 1 amide bonds.